The van der Waals surface area contributed by atoms with Crippen LogP contribution in [0, 0.1) is 5.41 Å². The fourth-order valence-corrected chi connectivity index (χ4v) is 2.14. The highest BCUT2D eigenvalue weighted by Gasteiger charge is 2.34. The highest BCUT2D eigenvalue weighted by Crippen LogP contribution is 2.20. The molecule has 0 bridgehead atoms. The van der Waals surface area contributed by atoms with E-state index in [9.17, 15) is 14.4 Å². The summed E-state index contributed by atoms with van der Waals surface area (Å²) in [5.41, 5.74) is -0.775. The number of carbonyl (C=O) groups excluding carboxylic acids is 3. The Hall–Kier alpha value is -2.05. The number of hydrogen-bond acceptors (Lipinski definition) is 5. The van der Waals surface area contributed by atoms with Crippen LogP contribution in [0.1, 0.15) is 62.3 Å². The van der Waals surface area contributed by atoms with E-state index in [0.717, 1.165) is 0 Å². The maximum atomic E-state index is 12.7. The van der Waals surface area contributed by atoms with Crippen molar-refractivity contribution in [1.29, 1.82) is 0 Å². The summed E-state index contributed by atoms with van der Waals surface area (Å²) < 4.78 is 10.2. The van der Waals surface area contributed by atoms with Gasteiger partial charge in [0.15, 0.2) is 0 Å². The van der Waals surface area contributed by atoms with E-state index in [-0.39, 0.29) is 12.5 Å². The third-order valence-corrected chi connectivity index (χ3v) is 3.26. The molecule has 0 unspecified atom stereocenters. The van der Waals surface area contributed by atoms with Crippen molar-refractivity contribution < 1.29 is 23.9 Å². The van der Waals surface area contributed by atoms with Gasteiger partial charge in [-0.2, -0.15) is 0 Å². The Morgan fingerprint density at radius 3 is 2.00 bits per heavy atom. The number of hydrogen-bond donors (Lipinski definition) is 2. The minimum atomic E-state index is -0.795. The number of nitrogens with one attached hydrogen (secondary N) is 2. The van der Waals surface area contributed by atoms with Crippen LogP contribution in [0.2, 0.25) is 0 Å². The number of alkyl carbamates (subject to hydrolysis) is 1. The summed E-state index contributed by atoms with van der Waals surface area (Å²) in [7, 11) is 0. The predicted octanol–water partition coefficient (Wildman–Crippen LogP) is 2.94. The molecule has 26 heavy (non-hydrogen) atoms. The molecular weight excluding hydrogens is 336 g/mol. The van der Waals surface area contributed by atoms with Crippen LogP contribution in [0.15, 0.2) is 11.6 Å². The molecule has 0 aromatic carbocycles. The van der Waals surface area contributed by atoms with Crippen molar-refractivity contribution in [2.45, 2.75) is 80.0 Å². The summed E-state index contributed by atoms with van der Waals surface area (Å²) in [5, 5.41) is 5.42. The molecule has 0 rings (SSSR count). The van der Waals surface area contributed by atoms with Gasteiger partial charge in [-0.15, -0.1) is 0 Å². The molecule has 0 spiro atoms. The van der Waals surface area contributed by atoms with Gasteiger partial charge in [0.05, 0.1) is 6.61 Å². The van der Waals surface area contributed by atoms with E-state index in [1.54, 1.807) is 47.6 Å². The van der Waals surface area contributed by atoms with Crippen molar-refractivity contribution in [3.8, 4) is 0 Å². The maximum Gasteiger partial charge on any atom is 0.408 e. The van der Waals surface area contributed by atoms with Crippen LogP contribution in [0.5, 0.6) is 0 Å². The molecule has 0 saturated heterocycles. The van der Waals surface area contributed by atoms with Gasteiger partial charge >= 0.3 is 12.1 Å². The summed E-state index contributed by atoms with van der Waals surface area (Å²) in [5.74, 6) is -0.781. The lowest BCUT2D eigenvalue weighted by Gasteiger charge is -2.32. The second-order valence-corrected chi connectivity index (χ2v) is 8.31. The average molecular weight is 370 g/mol. The normalized spacial score (nSPS) is 14.9. The first kappa shape index (κ1) is 23.9. The van der Waals surface area contributed by atoms with Crippen LogP contribution >= 0.6 is 0 Å². The number of amides is 2. The van der Waals surface area contributed by atoms with Gasteiger partial charge in [-0.25, -0.2) is 9.59 Å². The Morgan fingerprint density at radius 2 is 1.58 bits per heavy atom. The number of esters is 1. The molecule has 0 saturated carbocycles. The van der Waals surface area contributed by atoms with Crippen molar-refractivity contribution >= 4 is 18.0 Å². The Kier molecular flexibility index (Phi) is 8.84. The van der Waals surface area contributed by atoms with Crippen LogP contribution in [-0.2, 0) is 19.1 Å². The minimum absolute atomic E-state index is 0.288. The molecule has 0 aliphatic rings. The zero-order valence-corrected chi connectivity index (χ0v) is 17.5. The van der Waals surface area contributed by atoms with Crippen LogP contribution in [-0.4, -0.2) is 42.3 Å². The monoisotopic (exact) mass is 370 g/mol. The molecule has 150 valence electrons. The molecule has 7 nitrogen and oxygen atoms in total. The lowest BCUT2D eigenvalue weighted by molar-refractivity contribution is -0.138. The number of carbonyl (C=O) groups is 3. The Morgan fingerprint density at radius 1 is 1.04 bits per heavy atom. The lowest BCUT2D eigenvalue weighted by Crippen LogP contribution is -2.55. The smallest absolute Gasteiger partial charge is 0.408 e. The fourth-order valence-electron chi connectivity index (χ4n) is 2.14. The average Bonchev–Trinajstić information content (AvgIpc) is 2.41. The Labute approximate surface area is 156 Å². The first-order chi connectivity index (χ1) is 11.7. The number of rotatable bonds is 6. The summed E-state index contributed by atoms with van der Waals surface area (Å²) in [4.78, 5) is 36.4. The Bertz CT molecular complexity index is 541. The van der Waals surface area contributed by atoms with Crippen LogP contribution in [0.25, 0.3) is 0 Å². The van der Waals surface area contributed by atoms with Crippen LogP contribution in [0.3, 0.4) is 0 Å². The highest BCUT2D eigenvalue weighted by atomic mass is 16.6. The molecular formula is C19H34N2O5. The molecule has 0 aromatic rings. The summed E-state index contributed by atoms with van der Waals surface area (Å²) >= 11 is 0. The van der Waals surface area contributed by atoms with Gasteiger partial charge in [0.2, 0.25) is 5.91 Å². The van der Waals surface area contributed by atoms with Gasteiger partial charge in [-0.1, -0.05) is 26.8 Å². The van der Waals surface area contributed by atoms with Crippen LogP contribution < -0.4 is 10.6 Å². The molecule has 0 aliphatic carbocycles. The Balaban J connectivity index is 5.08. The van der Waals surface area contributed by atoms with Crippen LogP contribution in [0.4, 0.5) is 4.79 Å². The van der Waals surface area contributed by atoms with Gasteiger partial charge < -0.3 is 20.1 Å². The van der Waals surface area contributed by atoms with Gasteiger partial charge in [0.1, 0.15) is 11.6 Å². The highest BCUT2D eigenvalue weighted by molar-refractivity contribution is 5.89. The van der Waals surface area contributed by atoms with Crippen molar-refractivity contribution in [2.24, 2.45) is 5.41 Å². The first-order valence-corrected chi connectivity index (χ1v) is 8.82. The van der Waals surface area contributed by atoms with Crippen molar-refractivity contribution in [3.63, 3.8) is 0 Å². The van der Waals surface area contributed by atoms with E-state index in [0.29, 0.717) is 5.57 Å². The molecule has 0 fully saturated rings. The lowest BCUT2D eigenvalue weighted by atomic mass is 9.86. The van der Waals surface area contributed by atoms with E-state index in [1.807, 2.05) is 20.8 Å². The SMILES string of the molecule is CCOC(=O)/C(C)=C/[C@H](C)NC(=O)[C@@H](NC(=O)OC(C)(C)C)C(C)(C)C. The maximum absolute atomic E-state index is 12.7. The van der Waals surface area contributed by atoms with Gasteiger partial charge in [-0.05, 0) is 47.0 Å². The molecule has 2 N–H and O–H groups in total. The summed E-state index contributed by atoms with van der Waals surface area (Å²) in [6, 6.07) is -1.20. The molecule has 0 aliphatic heterocycles. The molecule has 0 aromatic heterocycles. The van der Waals surface area contributed by atoms with Crippen molar-refractivity contribution in [3.05, 3.63) is 11.6 Å². The van der Waals surface area contributed by atoms with Gasteiger partial charge in [-0.3, -0.25) is 4.79 Å². The van der Waals surface area contributed by atoms with E-state index >= 15 is 0 Å². The zero-order chi connectivity index (χ0) is 20.7. The van der Waals surface area contributed by atoms with E-state index < -0.39 is 35.2 Å². The first-order valence-electron chi connectivity index (χ1n) is 8.82. The fraction of sp³-hybridized carbons (Fsp3) is 0.737. The van der Waals surface area contributed by atoms with Crippen molar-refractivity contribution in [2.75, 3.05) is 6.61 Å². The topological polar surface area (TPSA) is 93.7 Å². The molecule has 2 amide bonds. The van der Waals surface area contributed by atoms with E-state index in [1.165, 1.54) is 0 Å². The zero-order valence-electron chi connectivity index (χ0n) is 17.5. The second-order valence-electron chi connectivity index (χ2n) is 8.31. The standard InChI is InChI=1S/C19H34N2O5/c1-10-25-16(23)12(2)11-13(3)20-15(22)14(18(4,5)6)21-17(24)26-19(7,8)9/h11,13-14H,10H2,1-9H3,(H,20,22)(H,21,24)/b12-11+/t13-,14+/m0/s1. The third-order valence-electron chi connectivity index (χ3n) is 3.26. The van der Waals surface area contributed by atoms with E-state index in [2.05, 4.69) is 10.6 Å². The quantitative estimate of drug-likeness (QED) is 0.554. The minimum Gasteiger partial charge on any atom is -0.463 e. The van der Waals surface area contributed by atoms with Gasteiger partial charge in [0.25, 0.3) is 0 Å². The predicted molar refractivity (Wildman–Crippen MR) is 101 cm³/mol. The van der Waals surface area contributed by atoms with Gasteiger partial charge in [0, 0.05) is 11.6 Å². The summed E-state index contributed by atoms with van der Waals surface area (Å²) in [6.07, 6.45) is 0.960. The van der Waals surface area contributed by atoms with Crippen molar-refractivity contribution in [1.82, 2.24) is 10.6 Å². The van der Waals surface area contributed by atoms with E-state index in [4.69, 9.17) is 9.47 Å². The second kappa shape index (κ2) is 9.59. The number of ether oxygens (including phenoxy) is 2. The molecule has 0 heterocycles. The molecule has 0 radical (unpaired) electrons. The third kappa shape index (κ3) is 9.44. The largest absolute Gasteiger partial charge is 0.463 e. The molecule has 2 atom stereocenters. The summed E-state index contributed by atoms with van der Waals surface area (Å²) in [6.45, 7) is 16.2. The molecule has 7 heteroatoms.